The molecule has 0 spiro atoms. The van der Waals surface area contributed by atoms with E-state index in [1.807, 2.05) is 0 Å². The van der Waals surface area contributed by atoms with Crippen LogP contribution in [0.1, 0.15) is 46.5 Å². The molecule has 12 heteroatoms. The van der Waals surface area contributed by atoms with Gasteiger partial charge in [-0.05, 0) is 40.2 Å². The number of imide groups is 1. The van der Waals surface area contributed by atoms with Gasteiger partial charge >= 0.3 is 5.97 Å². The first kappa shape index (κ1) is 27.5. The lowest BCUT2D eigenvalue weighted by atomic mass is 10.1. The van der Waals surface area contributed by atoms with E-state index in [1.165, 1.54) is 21.0 Å². The van der Waals surface area contributed by atoms with E-state index in [0.717, 1.165) is 0 Å². The highest BCUT2D eigenvalue weighted by Gasteiger charge is 2.37. The summed E-state index contributed by atoms with van der Waals surface area (Å²) in [5.41, 5.74) is 0. The lowest BCUT2D eigenvalue weighted by Gasteiger charge is -2.28. The van der Waals surface area contributed by atoms with Crippen LogP contribution in [0.25, 0.3) is 0 Å². The van der Waals surface area contributed by atoms with Gasteiger partial charge in [0, 0.05) is 6.42 Å². The number of halogens is 1. The highest BCUT2D eigenvalue weighted by atomic mass is 35.5. The normalized spacial score (nSPS) is 18.7. The second-order valence-electron chi connectivity index (χ2n) is 7.62. The first-order valence-corrected chi connectivity index (χ1v) is 10.9. The summed E-state index contributed by atoms with van der Waals surface area (Å²) in [6.07, 6.45) is 0.933. The van der Waals surface area contributed by atoms with Gasteiger partial charge in [0.1, 0.15) is 12.1 Å². The van der Waals surface area contributed by atoms with Gasteiger partial charge in [0.15, 0.2) is 5.78 Å². The maximum atomic E-state index is 12.6. The van der Waals surface area contributed by atoms with Crippen LogP contribution in [-0.2, 0) is 33.5 Å². The van der Waals surface area contributed by atoms with Crippen molar-refractivity contribution in [3.05, 3.63) is 0 Å². The van der Waals surface area contributed by atoms with Gasteiger partial charge in [0.25, 0.3) is 0 Å². The molecule has 1 aliphatic rings. The van der Waals surface area contributed by atoms with Crippen molar-refractivity contribution in [2.75, 3.05) is 19.5 Å². The average Bonchev–Trinajstić information content (AvgIpc) is 3.25. The predicted molar refractivity (Wildman–Crippen MR) is 115 cm³/mol. The van der Waals surface area contributed by atoms with E-state index < -0.39 is 53.8 Å². The zero-order valence-corrected chi connectivity index (χ0v) is 19.5. The van der Waals surface area contributed by atoms with E-state index >= 15 is 0 Å². The Morgan fingerprint density at radius 1 is 1.00 bits per heavy atom. The number of amides is 4. The van der Waals surface area contributed by atoms with Crippen molar-refractivity contribution in [1.82, 2.24) is 20.9 Å². The lowest BCUT2D eigenvalue weighted by molar-refractivity contribution is -0.142. The molecule has 32 heavy (non-hydrogen) atoms. The first-order chi connectivity index (χ1) is 15.0. The van der Waals surface area contributed by atoms with Crippen LogP contribution < -0.4 is 16.0 Å². The van der Waals surface area contributed by atoms with E-state index in [9.17, 15) is 28.8 Å². The van der Waals surface area contributed by atoms with Crippen molar-refractivity contribution in [3.63, 3.8) is 0 Å². The second-order valence-corrected chi connectivity index (χ2v) is 7.89. The Labute approximate surface area is 191 Å². The van der Waals surface area contributed by atoms with Gasteiger partial charge in [0.2, 0.25) is 23.6 Å². The van der Waals surface area contributed by atoms with E-state index in [2.05, 4.69) is 20.7 Å². The molecule has 0 saturated carbocycles. The standard InChI is InChI=1S/C20H31ClN4O7/c1-11(22-16(27)7-8-17(28)32-4)18(29)23-12(2)19(30)24-20(31)14-6-5-9-25(14)13(3)15(26)10-21/h11-14H,5-10H2,1-4H3,(H,22,27)(H,23,29)(H,24,30,31). The van der Waals surface area contributed by atoms with Crippen molar-refractivity contribution in [2.45, 2.75) is 70.6 Å². The number of likely N-dealkylation sites (tertiary alicyclic amines) is 1. The lowest BCUT2D eigenvalue weighted by Crippen LogP contribution is -2.55. The molecule has 0 aliphatic carbocycles. The molecule has 4 amide bonds. The molecular weight excluding hydrogens is 444 g/mol. The van der Waals surface area contributed by atoms with Crippen LogP contribution in [0.15, 0.2) is 0 Å². The molecule has 0 bridgehead atoms. The van der Waals surface area contributed by atoms with E-state index in [1.54, 1.807) is 11.8 Å². The fourth-order valence-corrected chi connectivity index (χ4v) is 3.47. The number of methoxy groups -OCH3 is 1. The Hall–Kier alpha value is -2.53. The number of carbonyl (C=O) groups excluding carboxylic acids is 6. The monoisotopic (exact) mass is 474 g/mol. The Bertz CT molecular complexity index is 745. The molecule has 4 atom stereocenters. The summed E-state index contributed by atoms with van der Waals surface area (Å²) in [4.78, 5) is 73.6. The summed E-state index contributed by atoms with van der Waals surface area (Å²) in [6.45, 7) is 5.03. The summed E-state index contributed by atoms with van der Waals surface area (Å²) in [6, 6.07) is -3.19. The third-order valence-electron chi connectivity index (χ3n) is 5.25. The molecule has 180 valence electrons. The van der Waals surface area contributed by atoms with Gasteiger partial charge < -0.3 is 15.4 Å². The minimum Gasteiger partial charge on any atom is -0.469 e. The highest BCUT2D eigenvalue weighted by molar-refractivity contribution is 6.28. The molecule has 1 fully saturated rings. The summed E-state index contributed by atoms with van der Waals surface area (Å²) in [7, 11) is 1.21. The third kappa shape index (κ3) is 8.19. The summed E-state index contributed by atoms with van der Waals surface area (Å²) in [5.74, 6) is -3.33. The van der Waals surface area contributed by atoms with Crippen LogP contribution in [-0.4, -0.2) is 84.0 Å². The molecule has 0 radical (unpaired) electrons. The molecule has 0 aromatic carbocycles. The average molecular weight is 475 g/mol. The number of ether oxygens (including phenoxy) is 1. The molecule has 11 nitrogen and oxygen atoms in total. The predicted octanol–water partition coefficient (Wildman–Crippen LogP) is -0.747. The molecule has 1 rings (SSSR count). The van der Waals surface area contributed by atoms with Gasteiger partial charge in [-0.3, -0.25) is 39.0 Å². The minimum absolute atomic E-state index is 0.120. The maximum Gasteiger partial charge on any atom is 0.306 e. The van der Waals surface area contributed by atoms with Crippen molar-refractivity contribution in [2.24, 2.45) is 0 Å². The number of rotatable bonds is 11. The smallest absolute Gasteiger partial charge is 0.306 e. The molecule has 1 heterocycles. The second kappa shape index (κ2) is 13.1. The quantitative estimate of drug-likeness (QED) is 0.261. The number of alkyl halides is 1. The van der Waals surface area contributed by atoms with E-state index in [0.29, 0.717) is 19.4 Å². The largest absolute Gasteiger partial charge is 0.469 e. The third-order valence-corrected chi connectivity index (χ3v) is 5.51. The number of nitrogens with one attached hydrogen (secondary N) is 3. The van der Waals surface area contributed by atoms with Crippen LogP contribution in [0, 0.1) is 0 Å². The van der Waals surface area contributed by atoms with Crippen LogP contribution in [0.2, 0.25) is 0 Å². The number of Topliss-reactive ketones (excluding diaryl/α,β-unsaturated/α-hetero) is 1. The Morgan fingerprint density at radius 3 is 2.22 bits per heavy atom. The Kier molecular flexibility index (Phi) is 11.3. The minimum atomic E-state index is -1.04. The number of ketones is 1. The molecule has 4 unspecified atom stereocenters. The molecule has 3 N–H and O–H groups in total. The van der Waals surface area contributed by atoms with E-state index in [-0.39, 0.29) is 24.5 Å². The van der Waals surface area contributed by atoms with Crippen LogP contribution >= 0.6 is 11.6 Å². The van der Waals surface area contributed by atoms with Crippen LogP contribution in [0.4, 0.5) is 0 Å². The summed E-state index contributed by atoms with van der Waals surface area (Å²) in [5, 5.41) is 7.11. The Morgan fingerprint density at radius 2 is 1.62 bits per heavy atom. The molecule has 0 aromatic rings. The van der Waals surface area contributed by atoms with Gasteiger partial charge in [-0.2, -0.15) is 0 Å². The number of esters is 1. The van der Waals surface area contributed by atoms with Gasteiger partial charge in [0.05, 0.1) is 31.5 Å². The number of nitrogens with zero attached hydrogens (tertiary/aromatic N) is 1. The van der Waals surface area contributed by atoms with Gasteiger partial charge in [-0.15, -0.1) is 11.6 Å². The van der Waals surface area contributed by atoms with Crippen molar-refractivity contribution in [3.8, 4) is 0 Å². The highest BCUT2D eigenvalue weighted by Crippen LogP contribution is 2.21. The molecule has 0 aromatic heterocycles. The topological polar surface area (TPSA) is 151 Å². The van der Waals surface area contributed by atoms with Crippen molar-refractivity contribution in [1.29, 1.82) is 0 Å². The van der Waals surface area contributed by atoms with Crippen molar-refractivity contribution < 1.29 is 33.5 Å². The number of hydrogen-bond donors (Lipinski definition) is 3. The summed E-state index contributed by atoms with van der Waals surface area (Å²) >= 11 is 5.60. The Balaban J connectivity index is 2.54. The molecule has 1 saturated heterocycles. The van der Waals surface area contributed by atoms with Crippen LogP contribution in [0.3, 0.4) is 0 Å². The fourth-order valence-electron chi connectivity index (χ4n) is 3.24. The van der Waals surface area contributed by atoms with Crippen LogP contribution in [0.5, 0.6) is 0 Å². The SMILES string of the molecule is COC(=O)CCC(=O)NC(C)C(=O)NC(C)C(=O)NC(=O)C1CCCN1C(C)C(=O)CCl. The molecular formula is C20H31ClN4O7. The van der Waals surface area contributed by atoms with Gasteiger partial charge in [-0.25, -0.2) is 0 Å². The van der Waals surface area contributed by atoms with E-state index in [4.69, 9.17) is 11.6 Å². The summed E-state index contributed by atoms with van der Waals surface area (Å²) < 4.78 is 4.44. The van der Waals surface area contributed by atoms with Gasteiger partial charge in [-0.1, -0.05) is 0 Å². The fraction of sp³-hybridized carbons (Fsp3) is 0.700. The zero-order valence-electron chi connectivity index (χ0n) is 18.7. The maximum absolute atomic E-state index is 12.6. The van der Waals surface area contributed by atoms with Crippen molar-refractivity contribution >= 4 is 47.0 Å². The number of carbonyl (C=O) groups is 6. The molecule has 1 aliphatic heterocycles. The zero-order chi connectivity index (χ0) is 24.4. The number of hydrogen-bond acceptors (Lipinski definition) is 8. The first-order valence-electron chi connectivity index (χ1n) is 10.4.